The molecule has 3 N–H and O–H groups in total. The number of ketones is 1. The molecule has 1 aromatic carbocycles. The standard InChI is InChI=1S/C18H17ClN4O3/c1-26-6-5-20-18(25)23-13-4-2-3-11(7-13)16(24)15-10-22-17-14(15)8-12(19)9-21-17/h2-4,7-10H,5-6H2,1H3,(H,21,22)(H2,20,23,25). The van der Waals surface area contributed by atoms with Crippen LogP contribution in [0.5, 0.6) is 0 Å². The molecule has 0 fully saturated rings. The molecule has 2 amide bonds. The molecule has 3 rings (SSSR count). The normalized spacial score (nSPS) is 10.7. The Labute approximate surface area is 154 Å². The molecule has 0 saturated carbocycles. The number of ether oxygens (including phenoxy) is 1. The number of urea groups is 1. The van der Waals surface area contributed by atoms with E-state index in [1.165, 1.54) is 6.20 Å². The number of aromatic nitrogens is 2. The second-order valence-corrected chi connectivity index (χ2v) is 5.97. The van der Waals surface area contributed by atoms with Crippen molar-refractivity contribution in [1.29, 1.82) is 0 Å². The summed E-state index contributed by atoms with van der Waals surface area (Å²) in [6.07, 6.45) is 3.12. The molecule has 134 valence electrons. The minimum Gasteiger partial charge on any atom is -0.383 e. The Bertz CT molecular complexity index is 955. The maximum Gasteiger partial charge on any atom is 0.319 e. The van der Waals surface area contributed by atoms with Crippen LogP contribution in [-0.4, -0.2) is 42.0 Å². The second-order valence-electron chi connectivity index (χ2n) is 5.54. The van der Waals surface area contributed by atoms with Gasteiger partial charge in [-0.05, 0) is 18.2 Å². The number of benzene rings is 1. The smallest absolute Gasteiger partial charge is 0.319 e. The molecule has 0 aliphatic heterocycles. The Hall–Kier alpha value is -2.90. The molecule has 3 aromatic rings. The first-order chi connectivity index (χ1) is 12.6. The van der Waals surface area contributed by atoms with E-state index < -0.39 is 0 Å². The molecule has 0 aliphatic carbocycles. The summed E-state index contributed by atoms with van der Waals surface area (Å²) >= 11 is 5.98. The summed E-state index contributed by atoms with van der Waals surface area (Å²) in [7, 11) is 1.56. The highest BCUT2D eigenvalue weighted by molar-refractivity contribution is 6.31. The van der Waals surface area contributed by atoms with Gasteiger partial charge in [-0.15, -0.1) is 0 Å². The first-order valence-corrected chi connectivity index (χ1v) is 8.27. The molecule has 7 nitrogen and oxygen atoms in total. The molecule has 26 heavy (non-hydrogen) atoms. The van der Waals surface area contributed by atoms with Crippen LogP contribution in [0.15, 0.2) is 42.7 Å². The first-order valence-electron chi connectivity index (χ1n) is 7.89. The lowest BCUT2D eigenvalue weighted by Crippen LogP contribution is -2.31. The third-order valence-corrected chi connectivity index (χ3v) is 3.92. The van der Waals surface area contributed by atoms with Crippen molar-refractivity contribution in [3.63, 3.8) is 0 Å². The van der Waals surface area contributed by atoms with E-state index in [1.807, 2.05) is 0 Å². The van der Waals surface area contributed by atoms with Gasteiger partial charge in [0.1, 0.15) is 5.65 Å². The van der Waals surface area contributed by atoms with Crippen LogP contribution in [0.25, 0.3) is 11.0 Å². The van der Waals surface area contributed by atoms with Gasteiger partial charge in [-0.25, -0.2) is 9.78 Å². The van der Waals surface area contributed by atoms with Crippen LogP contribution in [0.1, 0.15) is 15.9 Å². The second kappa shape index (κ2) is 7.99. The van der Waals surface area contributed by atoms with E-state index in [9.17, 15) is 9.59 Å². The average molecular weight is 373 g/mol. The van der Waals surface area contributed by atoms with Gasteiger partial charge in [0.15, 0.2) is 5.78 Å². The Morgan fingerprint density at radius 3 is 2.96 bits per heavy atom. The van der Waals surface area contributed by atoms with Crippen LogP contribution in [0, 0.1) is 0 Å². The SMILES string of the molecule is COCCNC(=O)Nc1cccc(C(=O)c2c[nH]c3ncc(Cl)cc23)c1. The van der Waals surface area contributed by atoms with Crippen LogP contribution in [0.4, 0.5) is 10.5 Å². The number of nitrogens with one attached hydrogen (secondary N) is 3. The first kappa shape index (κ1) is 17.9. The highest BCUT2D eigenvalue weighted by Gasteiger charge is 2.16. The lowest BCUT2D eigenvalue weighted by atomic mass is 10.0. The number of pyridine rings is 1. The van der Waals surface area contributed by atoms with Crippen molar-refractivity contribution in [3.05, 3.63) is 58.9 Å². The van der Waals surface area contributed by atoms with Crippen LogP contribution < -0.4 is 10.6 Å². The van der Waals surface area contributed by atoms with Crippen LogP contribution in [-0.2, 0) is 4.74 Å². The highest BCUT2D eigenvalue weighted by atomic mass is 35.5. The van der Waals surface area contributed by atoms with Crippen molar-refractivity contribution in [1.82, 2.24) is 15.3 Å². The fraction of sp³-hybridized carbons (Fsp3) is 0.167. The molecule has 0 bridgehead atoms. The minimum absolute atomic E-state index is 0.191. The van der Waals surface area contributed by atoms with Crippen molar-refractivity contribution in [2.75, 3.05) is 25.6 Å². The van der Waals surface area contributed by atoms with E-state index in [0.717, 1.165) is 0 Å². The van der Waals surface area contributed by atoms with Crippen molar-refractivity contribution in [2.45, 2.75) is 0 Å². The van der Waals surface area contributed by atoms with E-state index in [2.05, 4.69) is 20.6 Å². The van der Waals surface area contributed by atoms with Gasteiger partial charge in [0.05, 0.1) is 11.6 Å². The fourth-order valence-electron chi connectivity index (χ4n) is 2.50. The monoisotopic (exact) mass is 372 g/mol. The average Bonchev–Trinajstić information content (AvgIpc) is 3.04. The van der Waals surface area contributed by atoms with E-state index >= 15 is 0 Å². The summed E-state index contributed by atoms with van der Waals surface area (Å²) in [5, 5.41) is 6.44. The predicted molar refractivity (Wildman–Crippen MR) is 99.9 cm³/mol. The largest absolute Gasteiger partial charge is 0.383 e. The van der Waals surface area contributed by atoms with Gasteiger partial charge >= 0.3 is 6.03 Å². The number of rotatable bonds is 6. The molecule has 0 aliphatic rings. The summed E-state index contributed by atoms with van der Waals surface area (Å²) < 4.78 is 4.87. The van der Waals surface area contributed by atoms with Gasteiger partial charge in [0.25, 0.3) is 0 Å². The van der Waals surface area contributed by atoms with Crippen LogP contribution in [0.3, 0.4) is 0 Å². The van der Waals surface area contributed by atoms with E-state index in [1.54, 1.807) is 43.6 Å². The lowest BCUT2D eigenvalue weighted by Gasteiger charge is -2.08. The maximum atomic E-state index is 12.8. The zero-order valence-corrected chi connectivity index (χ0v) is 14.8. The number of hydrogen-bond acceptors (Lipinski definition) is 4. The number of fused-ring (bicyclic) bond motifs is 1. The third kappa shape index (κ3) is 4.01. The van der Waals surface area contributed by atoms with E-state index in [4.69, 9.17) is 16.3 Å². The zero-order chi connectivity index (χ0) is 18.5. The van der Waals surface area contributed by atoms with Crippen LogP contribution >= 0.6 is 11.6 Å². The number of carbonyl (C=O) groups is 2. The summed E-state index contributed by atoms with van der Waals surface area (Å²) in [5.41, 5.74) is 2.02. The number of hydrogen-bond donors (Lipinski definition) is 3. The molecular weight excluding hydrogens is 356 g/mol. The summed E-state index contributed by atoms with van der Waals surface area (Å²) in [6, 6.07) is 8.05. The fourth-order valence-corrected chi connectivity index (χ4v) is 2.66. The quantitative estimate of drug-likeness (QED) is 0.457. The Morgan fingerprint density at radius 2 is 2.15 bits per heavy atom. The van der Waals surface area contributed by atoms with Crippen molar-refractivity contribution in [2.24, 2.45) is 0 Å². The van der Waals surface area contributed by atoms with Gasteiger partial charge in [0, 0.05) is 48.2 Å². The van der Waals surface area contributed by atoms with E-state index in [0.29, 0.717) is 46.0 Å². The Morgan fingerprint density at radius 1 is 1.31 bits per heavy atom. The Balaban J connectivity index is 1.79. The molecule has 0 atom stereocenters. The maximum absolute atomic E-state index is 12.8. The number of halogens is 1. The molecule has 0 radical (unpaired) electrons. The van der Waals surface area contributed by atoms with Gasteiger partial charge < -0.3 is 20.4 Å². The van der Waals surface area contributed by atoms with Gasteiger partial charge in [-0.1, -0.05) is 23.7 Å². The van der Waals surface area contributed by atoms with Gasteiger partial charge in [-0.3, -0.25) is 4.79 Å². The van der Waals surface area contributed by atoms with Crippen molar-refractivity contribution < 1.29 is 14.3 Å². The highest BCUT2D eigenvalue weighted by Crippen LogP contribution is 2.23. The van der Waals surface area contributed by atoms with Gasteiger partial charge in [0.2, 0.25) is 0 Å². The Kier molecular flexibility index (Phi) is 5.50. The predicted octanol–water partition coefficient (Wildman–Crippen LogP) is 3.22. The summed E-state index contributed by atoms with van der Waals surface area (Å²) in [6.45, 7) is 0.813. The molecule has 2 heterocycles. The van der Waals surface area contributed by atoms with Crippen molar-refractivity contribution in [3.8, 4) is 0 Å². The molecule has 2 aromatic heterocycles. The van der Waals surface area contributed by atoms with Crippen LogP contribution in [0.2, 0.25) is 5.02 Å². The molecular formula is C18H17ClN4O3. The summed E-state index contributed by atoms with van der Waals surface area (Å²) in [5.74, 6) is -0.191. The number of carbonyl (C=O) groups excluding carboxylic acids is 2. The number of amides is 2. The lowest BCUT2D eigenvalue weighted by molar-refractivity contribution is 0.104. The molecule has 0 saturated heterocycles. The van der Waals surface area contributed by atoms with E-state index in [-0.39, 0.29) is 11.8 Å². The number of aromatic amines is 1. The number of methoxy groups -OCH3 is 1. The summed E-state index contributed by atoms with van der Waals surface area (Å²) in [4.78, 5) is 31.8. The number of anilines is 1. The molecule has 0 unspecified atom stereocenters. The molecule has 0 spiro atoms. The zero-order valence-electron chi connectivity index (χ0n) is 14.0. The molecule has 8 heteroatoms. The minimum atomic E-state index is -0.366. The number of H-pyrrole nitrogens is 1. The number of nitrogens with zero attached hydrogens (tertiary/aromatic N) is 1. The third-order valence-electron chi connectivity index (χ3n) is 3.72. The topological polar surface area (TPSA) is 96.1 Å². The van der Waals surface area contributed by atoms with Crippen molar-refractivity contribution >= 4 is 40.1 Å². The van der Waals surface area contributed by atoms with Gasteiger partial charge in [-0.2, -0.15) is 0 Å².